The fraction of sp³-hybridized carbons (Fsp3) is 0.500. The molecule has 0 unspecified atom stereocenters. The number of nitrogens with one attached hydrogen (secondary N) is 1. The predicted octanol–water partition coefficient (Wildman–Crippen LogP) is 1.58. The van der Waals surface area contributed by atoms with Crippen molar-refractivity contribution in [1.82, 2.24) is 5.32 Å². The van der Waals surface area contributed by atoms with E-state index in [1.165, 1.54) is 12.3 Å². The summed E-state index contributed by atoms with van der Waals surface area (Å²) in [5, 5.41) is 12.1. The van der Waals surface area contributed by atoms with E-state index in [4.69, 9.17) is 16.0 Å². The van der Waals surface area contributed by atoms with Crippen LogP contribution in [0.3, 0.4) is 0 Å². The average molecular weight is 230 g/mol. The molecule has 1 amide bonds. The number of aliphatic hydroxyl groups is 1. The fourth-order valence-corrected chi connectivity index (χ4v) is 1.89. The molecule has 1 saturated carbocycles. The van der Waals surface area contributed by atoms with Gasteiger partial charge in [0, 0.05) is 0 Å². The van der Waals surface area contributed by atoms with E-state index in [-0.39, 0.29) is 17.7 Å². The topological polar surface area (TPSA) is 62.5 Å². The van der Waals surface area contributed by atoms with Crippen LogP contribution in [-0.2, 0) is 0 Å². The van der Waals surface area contributed by atoms with E-state index >= 15 is 0 Å². The second kappa shape index (κ2) is 3.87. The molecule has 1 fully saturated rings. The van der Waals surface area contributed by atoms with E-state index in [1.807, 2.05) is 0 Å². The number of carbonyl (C=O) groups excluding carboxylic acids is 1. The highest BCUT2D eigenvalue weighted by Crippen LogP contribution is 2.31. The molecule has 0 bridgehead atoms. The first kappa shape index (κ1) is 10.5. The van der Waals surface area contributed by atoms with E-state index in [2.05, 4.69) is 5.32 Å². The highest BCUT2D eigenvalue weighted by atomic mass is 35.5. The van der Waals surface area contributed by atoms with Gasteiger partial charge in [0.25, 0.3) is 5.91 Å². The summed E-state index contributed by atoms with van der Waals surface area (Å²) in [5.41, 5.74) is -0.131. The summed E-state index contributed by atoms with van der Waals surface area (Å²) < 4.78 is 4.83. The number of hydrogen-bond donors (Lipinski definition) is 2. The smallest absolute Gasteiger partial charge is 0.256 e. The third-order valence-corrected chi connectivity index (χ3v) is 3.15. The largest absolute Gasteiger partial charge is 0.452 e. The molecule has 0 spiro atoms. The van der Waals surface area contributed by atoms with Gasteiger partial charge < -0.3 is 14.8 Å². The summed E-state index contributed by atoms with van der Waals surface area (Å²) in [4.78, 5) is 11.7. The third kappa shape index (κ3) is 1.87. The molecular weight excluding hydrogens is 218 g/mol. The van der Waals surface area contributed by atoms with Crippen LogP contribution in [0.1, 0.15) is 29.6 Å². The molecule has 82 valence electrons. The quantitative estimate of drug-likeness (QED) is 0.827. The molecule has 4 nitrogen and oxygen atoms in total. The molecule has 15 heavy (non-hydrogen) atoms. The highest BCUT2D eigenvalue weighted by Gasteiger charge is 2.38. The van der Waals surface area contributed by atoms with Crippen LogP contribution in [0.15, 0.2) is 16.7 Å². The lowest BCUT2D eigenvalue weighted by molar-refractivity contribution is 0.0641. The molecule has 0 atom stereocenters. The van der Waals surface area contributed by atoms with Crippen molar-refractivity contribution in [3.8, 4) is 0 Å². The SMILES string of the molecule is O=C(NC1(CO)CCC1)c1ccoc1Cl. The molecule has 1 aromatic heterocycles. The minimum absolute atomic E-state index is 0.0335. The van der Waals surface area contributed by atoms with Gasteiger partial charge in [0.15, 0.2) is 0 Å². The Kier molecular flexibility index (Phi) is 2.71. The molecule has 0 aromatic carbocycles. The molecule has 1 aliphatic carbocycles. The minimum atomic E-state index is -0.447. The van der Waals surface area contributed by atoms with Crippen molar-refractivity contribution < 1.29 is 14.3 Å². The summed E-state index contributed by atoms with van der Waals surface area (Å²) >= 11 is 5.68. The van der Waals surface area contributed by atoms with E-state index in [1.54, 1.807) is 0 Å². The van der Waals surface area contributed by atoms with E-state index in [0.29, 0.717) is 5.56 Å². The monoisotopic (exact) mass is 229 g/mol. The van der Waals surface area contributed by atoms with Gasteiger partial charge in [-0.05, 0) is 36.9 Å². The number of carbonyl (C=O) groups is 1. The summed E-state index contributed by atoms with van der Waals surface area (Å²) in [6.07, 6.45) is 4.01. The van der Waals surface area contributed by atoms with E-state index in [9.17, 15) is 9.90 Å². The maximum atomic E-state index is 11.7. The normalized spacial score (nSPS) is 18.3. The number of aliphatic hydroxyl groups excluding tert-OH is 1. The van der Waals surface area contributed by atoms with Crippen LogP contribution in [0.5, 0.6) is 0 Å². The molecule has 0 radical (unpaired) electrons. The summed E-state index contributed by atoms with van der Waals surface area (Å²) in [5.74, 6) is -0.289. The molecule has 5 heteroatoms. The zero-order valence-electron chi connectivity index (χ0n) is 8.12. The number of rotatable bonds is 3. The standard InChI is InChI=1S/C10H12ClNO3/c11-8-7(2-5-15-8)9(14)12-10(6-13)3-1-4-10/h2,5,13H,1,3-4,6H2,(H,12,14). The van der Waals surface area contributed by atoms with Crippen LogP contribution < -0.4 is 5.32 Å². The second-order valence-electron chi connectivity index (χ2n) is 3.85. The molecule has 2 N–H and O–H groups in total. The first-order valence-electron chi connectivity index (χ1n) is 4.83. The number of hydrogen-bond acceptors (Lipinski definition) is 3. The average Bonchev–Trinajstić information content (AvgIpc) is 2.58. The van der Waals surface area contributed by atoms with Crippen molar-refractivity contribution in [3.05, 3.63) is 23.1 Å². The van der Waals surface area contributed by atoms with Gasteiger partial charge in [-0.2, -0.15) is 0 Å². The summed E-state index contributed by atoms with van der Waals surface area (Å²) in [6, 6.07) is 1.52. The van der Waals surface area contributed by atoms with Crippen LogP contribution in [0, 0.1) is 0 Å². The Morgan fingerprint density at radius 1 is 1.67 bits per heavy atom. The fourth-order valence-electron chi connectivity index (χ4n) is 1.69. The van der Waals surface area contributed by atoms with Gasteiger partial charge in [-0.15, -0.1) is 0 Å². The van der Waals surface area contributed by atoms with Gasteiger partial charge in [0.05, 0.1) is 24.0 Å². The number of halogens is 1. The van der Waals surface area contributed by atoms with Crippen molar-refractivity contribution in [2.75, 3.05) is 6.61 Å². The molecule has 1 heterocycles. The lowest BCUT2D eigenvalue weighted by Gasteiger charge is -2.40. The zero-order valence-corrected chi connectivity index (χ0v) is 8.88. The molecule has 0 aliphatic heterocycles. The Morgan fingerprint density at radius 2 is 2.40 bits per heavy atom. The van der Waals surface area contributed by atoms with Gasteiger partial charge in [0.2, 0.25) is 5.22 Å². The number of furan rings is 1. The maximum absolute atomic E-state index is 11.7. The zero-order chi connectivity index (χ0) is 10.9. The Balaban J connectivity index is 2.07. The van der Waals surface area contributed by atoms with Crippen LogP contribution in [0.4, 0.5) is 0 Å². The molecular formula is C10H12ClNO3. The van der Waals surface area contributed by atoms with Crippen molar-refractivity contribution in [1.29, 1.82) is 0 Å². The number of amides is 1. The maximum Gasteiger partial charge on any atom is 0.256 e. The van der Waals surface area contributed by atoms with Crippen LogP contribution in [0.2, 0.25) is 5.22 Å². The van der Waals surface area contributed by atoms with Crippen LogP contribution in [-0.4, -0.2) is 23.2 Å². The summed E-state index contributed by atoms with van der Waals surface area (Å²) in [7, 11) is 0. The predicted molar refractivity (Wildman–Crippen MR) is 54.9 cm³/mol. The van der Waals surface area contributed by atoms with Gasteiger partial charge >= 0.3 is 0 Å². The van der Waals surface area contributed by atoms with E-state index in [0.717, 1.165) is 19.3 Å². The lowest BCUT2D eigenvalue weighted by atomic mass is 9.77. The molecule has 0 saturated heterocycles. The van der Waals surface area contributed by atoms with E-state index < -0.39 is 5.54 Å². The highest BCUT2D eigenvalue weighted by molar-refractivity contribution is 6.32. The Morgan fingerprint density at radius 3 is 2.80 bits per heavy atom. The molecule has 1 aromatic rings. The minimum Gasteiger partial charge on any atom is -0.452 e. The molecule has 2 rings (SSSR count). The van der Waals surface area contributed by atoms with Gasteiger partial charge in [-0.25, -0.2) is 0 Å². The van der Waals surface area contributed by atoms with Crippen LogP contribution >= 0.6 is 11.6 Å². The van der Waals surface area contributed by atoms with Crippen molar-refractivity contribution >= 4 is 17.5 Å². The molecule has 1 aliphatic rings. The Labute approximate surface area is 92.2 Å². The first-order valence-corrected chi connectivity index (χ1v) is 5.21. The summed E-state index contributed by atoms with van der Waals surface area (Å²) in [6.45, 7) is -0.0335. The Hall–Kier alpha value is -1.00. The third-order valence-electron chi connectivity index (χ3n) is 2.85. The van der Waals surface area contributed by atoms with Gasteiger partial charge in [-0.3, -0.25) is 4.79 Å². The Bertz CT molecular complexity index is 365. The van der Waals surface area contributed by atoms with Crippen molar-refractivity contribution in [2.45, 2.75) is 24.8 Å². The van der Waals surface area contributed by atoms with Gasteiger partial charge in [0.1, 0.15) is 0 Å². The first-order chi connectivity index (χ1) is 7.17. The van der Waals surface area contributed by atoms with Gasteiger partial charge in [-0.1, -0.05) is 0 Å². The van der Waals surface area contributed by atoms with Crippen molar-refractivity contribution in [3.63, 3.8) is 0 Å². The van der Waals surface area contributed by atoms with Crippen LogP contribution in [0.25, 0.3) is 0 Å². The lowest BCUT2D eigenvalue weighted by Crippen LogP contribution is -2.56. The second-order valence-corrected chi connectivity index (χ2v) is 4.20. The van der Waals surface area contributed by atoms with Crippen molar-refractivity contribution in [2.24, 2.45) is 0 Å².